The molecule has 5 heteroatoms. The van der Waals surface area contributed by atoms with E-state index in [0.29, 0.717) is 27.7 Å². The molecule has 2 aromatic carbocycles. The van der Waals surface area contributed by atoms with E-state index in [1.165, 1.54) is 7.11 Å². The van der Waals surface area contributed by atoms with Crippen LogP contribution in [-0.2, 0) is 0 Å². The molecule has 0 atom stereocenters. The molecule has 0 aliphatic heterocycles. The van der Waals surface area contributed by atoms with Gasteiger partial charge in [-0.05, 0) is 42.8 Å². The zero-order valence-corrected chi connectivity index (χ0v) is 12.0. The number of hydrogen-bond acceptors (Lipinski definition) is 3. The molecule has 0 fully saturated rings. The fourth-order valence-corrected chi connectivity index (χ4v) is 2.11. The lowest BCUT2D eigenvalue weighted by Crippen LogP contribution is -2.14. The van der Waals surface area contributed by atoms with Gasteiger partial charge in [0.1, 0.15) is 5.75 Å². The number of amides is 1. The highest BCUT2D eigenvalue weighted by Gasteiger charge is 2.12. The van der Waals surface area contributed by atoms with Crippen LogP contribution in [0.3, 0.4) is 0 Å². The smallest absolute Gasteiger partial charge is 0.256 e. The lowest BCUT2D eigenvalue weighted by atomic mass is 10.1. The molecule has 2 aromatic rings. The molecule has 0 aliphatic rings. The molecule has 104 valence electrons. The molecule has 20 heavy (non-hydrogen) atoms. The van der Waals surface area contributed by atoms with Gasteiger partial charge in [0.25, 0.3) is 5.91 Å². The van der Waals surface area contributed by atoms with Crippen molar-refractivity contribution in [3.63, 3.8) is 0 Å². The molecule has 3 N–H and O–H groups in total. The Morgan fingerprint density at radius 3 is 2.65 bits per heavy atom. The van der Waals surface area contributed by atoms with Crippen LogP contribution in [0.5, 0.6) is 5.75 Å². The monoisotopic (exact) mass is 290 g/mol. The largest absolute Gasteiger partial charge is 0.494 e. The Hall–Kier alpha value is -2.20. The van der Waals surface area contributed by atoms with E-state index in [-0.39, 0.29) is 5.91 Å². The van der Waals surface area contributed by atoms with Crippen LogP contribution in [0.15, 0.2) is 36.4 Å². The summed E-state index contributed by atoms with van der Waals surface area (Å²) in [6.45, 7) is 1.83. The molecule has 4 nitrogen and oxygen atoms in total. The van der Waals surface area contributed by atoms with E-state index in [9.17, 15) is 4.79 Å². The topological polar surface area (TPSA) is 64.3 Å². The van der Waals surface area contributed by atoms with Crippen molar-refractivity contribution in [1.82, 2.24) is 0 Å². The van der Waals surface area contributed by atoms with Gasteiger partial charge in [-0.1, -0.05) is 11.6 Å². The summed E-state index contributed by atoms with van der Waals surface area (Å²) in [5, 5.41) is 3.40. The van der Waals surface area contributed by atoms with Crippen molar-refractivity contribution in [2.24, 2.45) is 0 Å². The average Bonchev–Trinajstić information content (AvgIpc) is 2.40. The van der Waals surface area contributed by atoms with Gasteiger partial charge >= 0.3 is 0 Å². The van der Waals surface area contributed by atoms with Crippen LogP contribution >= 0.6 is 11.6 Å². The summed E-state index contributed by atoms with van der Waals surface area (Å²) in [4.78, 5) is 12.3. The van der Waals surface area contributed by atoms with Crippen LogP contribution in [0.4, 0.5) is 11.4 Å². The second-order valence-corrected chi connectivity index (χ2v) is 4.81. The third kappa shape index (κ3) is 3.03. The highest BCUT2D eigenvalue weighted by atomic mass is 35.5. The molecule has 0 heterocycles. The molecule has 0 spiro atoms. The van der Waals surface area contributed by atoms with Gasteiger partial charge < -0.3 is 15.8 Å². The number of methoxy groups -OCH3 is 1. The minimum Gasteiger partial charge on any atom is -0.494 e. The molecule has 2 rings (SSSR count). The van der Waals surface area contributed by atoms with E-state index in [0.717, 1.165) is 5.56 Å². The van der Waals surface area contributed by atoms with Crippen LogP contribution in [0.1, 0.15) is 15.9 Å². The first-order valence-corrected chi connectivity index (χ1v) is 6.40. The van der Waals surface area contributed by atoms with E-state index < -0.39 is 0 Å². The van der Waals surface area contributed by atoms with Gasteiger partial charge in [-0.2, -0.15) is 0 Å². The quantitative estimate of drug-likeness (QED) is 0.851. The summed E-state index contributed by atoms with van der Waals surface area (Å²) < 4.78 is 5.20. The van der Waals surface area contributed by atoms with Gasteiger partial charge in [-0.15, -0.1) is 0 Å². The van der Waals surface area contributed by atoms with Crippen molar-refractivity contribution >= 4 is 28.9 Å². The van der Waals surface area contributed by atoms with Crippen molar-refractivity contribution in [3.05, 3.63) is 52.5 Å². The van der Waals surface area contributed by atoms with E-state index >= 15 is 0 Å². The molecule has 0 bridgehead atoms. The van der Waals surface area contributed by atoms with E-state index in [1.54, 1.807) is 36.4 Å². The number of aryl methyl sites for hydroxylation is 1. The molecule has 0 saturated heterocycles. The number of benzene rings is 2. The number of ether oxygens (including phenoxy) is 1. The Bertz CT molecular complexity index is 656. The van der Waals surface area contributed by atoms with Crippen LogP contribution in [0.2, 0.25) is 5.02 Å². The van der Waals surface area contributed by atoms with Crippen LogP contribution < -0.4 is 15.8 Å². The highest BCUT2D eigenvalue weighted by molar-refractivity contribution is 6.30. The summed E-state index contributed by atoms with van der Waals surface area (Å²) >= 11 is 5.88. The number of hydrogen-bond donors (Lipinski definition) is 2. The first-order chi connectivity index (χ1) is 9.51. The average molecular weight is 291 g/mol. The van der Waals surface area contributed by atoms with Crippen LogP contribution in [0.25, 0.3) is 0 Å². The summed E-state index contributed by atoms with van der Waals surface area (Å²) in [6, 6.07) is 10.2. The Balaban J connectivity index is 2.28. The fraction of sp³-hybridized carbons (Fsp3) is 0.133. The van der Waals surface area contributed by atoms with Crippen LogP contribution in [-0.4, -0.2) is 13.0 Å². The number of rotatable bonds is 3. The maximum Gasteiger partial charge on any atom is 0.256 e. The number of carbonyl (C=O) groups is 1. The summed E-state index contributed by atoms with van der Waals surface area (Å²) in [5.41, 5.74) is 8.19. The summed E-state index contributed by atoms with van der Waals surface area (Å²) in [5.74, 6) is 0.298. The van der Waals surface area contributed by atoms with E-state index in [2.05, 4.69) is 5.32 Å². The molecular formula is C15H15ClN2O2. The summed E-state index contributed by atoms with van der Waals surface area (Å²) in [6.07, 6.45) is 0. The van der Waals surface area contributed by atoms with Crippen molar-refractivity contribution in [3.8, 4) is 5.75 Å². The minimum atomic E-state index is -0.220. The Kier molecular flexibility index (Phi) is 4.15. The highest BCUT2D eigenvalue weighted by Crippen LogP contribution is 2.27. The van der Waals surface area contributed by atoms with Gasteiger partial charge in [0, 0.05) is 22.3 Å². The Labute approximate surface area is 122 Å². The first kappa shape index (κ1) is 14.2. The lowest BCUT2D eigenvalue weighted by molar-refractivity contribution is 0.102. The molecule has 0 saturated carbocycles. The molecule has 0 aromatic heterocycles. The second-order valence-electron chi connectivity index (χ2n) is 4.37. The number of carbonyl (C=O) groups excluding carboxylic acids is 1. The fourth-order valence-electron chi connectivity index (χ4n) is 1.88. The third-order valence-corrected chi connectivity index (χ3v) is 3.14. The maximum atomic E-state index is 12.3. The van der Waals surface area contributed by atoms with E-state index in [4.69, 9.17) is 22.1 Å². The predicted molar refractivity (Wildman–Crippen MR) is 81.5 cm³/mol. The zero-order valence-electron chi connectivity index (χ0n) is 11.2. The van der Waals surface area contributed by atoms with Gasteiger partial charge in [0.15, 0.2) is 0 Å². The molecule has 0 radical (unpaired) electrons. The lowest BCUT2D eigenvalue weighted by Gasteiger charge is -2.12. The van der Waals surface area contributed by atoms with E-state index in [1.807, 2.05) is 6.92 Å². The maximum absolute atomic E-state index is 12.3. The number of nitrogens with two attached hydrogens (primary N) is 1. The van der Waals surface area contributed by atoms with Crippen molar-refractivity contribution in [2.45, 2.75) is 6.92 Å². The summed E-state index contributed by atoms with van der Waals surface area (Å²) in [7, 11) is 1.53. The van der Waals surface area contributed by atoms with Crippen LogP contribution in [0, 0.1) is 6.92 Å². The van der Waals surface area contributed by atoms with Gasteiger partial charge in [0.05, 0.1) is 12.8 Å². The zero-order chi connectivity index (χ0) is 14.7. The Morgan fingerprint density at radius 2 is 2.00 bits per heavy atom. The Morgan fingerprint density at radius 1 is 1.25 bits per heavy atom. The van der Waals surface area contributed by atoms with Crippen molar-refractivity contribution < 1.29 is 9.53 Å². The molecular weight excluding hydrogens is 276 g/mol. The predicted octanol–water partition coefficient (Wildman–Crippen LogP) is 3.49. The third-order valence-electron chi connectivity index (χ3n) is 2.91. The van der Waals surface area contributed by atoms with Gasteiger partial charge in [-0.25, -0.2) is 0 Å². The normalized spacial score (nSPS) is 10.2. The number of nitrogen functional groups attached to an aromatic ring is 1. The number of halogens is 1. The SMILES string of the molecule is COc1cc(N)ccc1NC(=O)c1ccc(Cl)cc1C. The molecule has 1 amide bonds. The van der Waals surface area contributed by atoms with Crippen molar-refractivity contribution in [2.75, 3.05) is 18.2 Å². The van der Waals surface area contributed by atoms with Gasteiger partial charge in [-0.3, -0.25) is 4.79 Å². The second kappa shape index (κ2) is 5.84. The molecule has 0 unspecified atom stereocenters. The first-order valence-electron chi connectivity index (χ1n) is 6.02. The minimum absolute atomic E-state index is 0.220. The standard InChI is InChI=1S/C15H15ClN2O2/c1-9-7-10(16)3-5-12(9)15(19)18-13-6-4-11(17)8-14(13)20-2/h3-8H,17H2,1-2H3,(H,18,19). The van der Waals surface area contributed by atoms with Gasteiger partial charge in [0.2, 0.25) is 0 Å². The number of anilines is 2. The number of nitrogens with one attached hydrogen (secondary N) is 1. The molecule has 0 aliphatic carbocycles. The van der Waals surface area contributed by atoms with Crippen molar-refractivity contribution in [1.29, 1.82) is 0 Å².